The number of carbonyl (C=O) groups excluding carboxylic acids is 2. The number of methoxy groups -OCH3 is 1. The van der Waals surface area contributed by atoms with Crippen molar-refractivity contribution >= 4 is 17.5 Å². The molecule has 3 N–H and O–H groups in total. The number of carbonyl (C=O) groups is 2. The molecule has 0 fully saturated rings. The quantitative estimate of drug-likeness (QED) is 0.305. The fourth-order valence-corrected chi connectivity index (χ4v) is 5.42. The van der Waals surface area contributed by atoms with E-state index in [1.165, 1.54) is 0 Å². The molecule has 41 heavy (non-hydrogen) atoms. The zero-order chi connectivity index (χ0) is 29.5. The molecule has 2 amide bonds. The van der Waals surface area contributed by atoms with Crippen LogP contribution in [0.3, 0.4) is 0 Å². The van der Waals surface area contributed by atoms with E-state index in [1.807, 2.05) is 42.5 Å². The summed E-state index contributed by atoms with van der Waals surface area (Å²) in [7, 11) is 1.62. The molecular formula is C33H42N4O4. The van der Waals surface area contributed by atoms with Gasteiger partial charge in [-0.1, -0.05) is 25.1 Å². The Balaban J connectivity index is 1.59. The molecule has 1 aliphatic rings. The number of amides is 2. The average Bonchev–Trinajstić information content (AvgIpc) is 2.98. The Kier molecular flexibility index (Phi) is 9.89. The molecule has 0 aromatic heterocycles. The summed E-state index contributed by atoms with van der Waals surface area (Å²) in [5.74, 6) is 1.65. The number of ether oxygens (including phenoxy) is 2. The Labute approximate surface area is 243 Å². The van der Waals surface area contributed by atoms with Crippen LogP contribution in [0.5, 0.6) is 17.2 Å². The normalized spacial score (nSPS) is 15.4. The second kappa shape index (κ2) is 13.5. The van der Waals surface area contributed by atoms with Crippen molar-refractivity contribution in [3.05, 3.63) is 83.4 Å². The van der Waals surface area contributed by atoms with Crippen LogP contribution in [-0.2, 0) is 11.2 Å². The first-order chi connectivity index (χ1) is 19.7. The summed E-state index contributed by atoms with van der Waals surface area (Å²) in [6.45, 7) is 10.3. The molecule has 0 radical (unpaired) electrons. The molecule has 218 valence electrons. The maximum atomic E-state index is 13.8. The largest absolute Gasteiger partial charge is 0.497 e. The van der Waals surface area contributed by atoms with Crippen LogP contribution in [-0.4, -0.2) is 60.4 Å². The summed E-state index contributed by atoms with van der Waals surface area (Å²) in [5.41, 5.74) is 8.72. The van der Waals surface area contributed by atoms with Gasteiger partial charge < -0.3 is 25.4 Å². The standard InChI is InChI=1S/C33H42N4O4/c1-6-23(4)36(22(2)3)20-18-35-32(38)31-28-16-15-27(41-26-13-11-25(40-5)12-14-26)21-24(28)17-19-37(31)33(39)29-9-7-8-10-30(29)34/h7-16,21-23,31H,6,17-20,34H2,1-5H3,(H,35,38). The maximum Gasteiger partial charge on any atom is 0.256 e. The first kappa shape index (κ1) is 29.9. The minimum atomic E-state index is -0.781. The molecule has 8 nitrogen and oxygen atoms in total. The van der Waals surface area contributed by atoms with Gasteiger partial charge in [0, 0.05) is 37.4 Å². The van der Waals surface area contributed by atoms with Crippen LogP contribution in [0.4, 0.5) is 5.69 Å². The minimum Gasteiger partial charge on any atom is -0.497 e. The SMILES string of the molecule is CCC(C)N(CCNC(=O)C1c2ccc(Oc3ccc(OC)cc3)cc2CCN1C(=O)c1ccccc1N)C(C)C. The smallest absolute Gasteiger partial charge is 0.256 e. The zero-order valence-corrected chi connectivity index (χ0v) is 24.7. The molecule has 8 heteroatoms. The van der Waals surface area contributed by atoms with Crippen LogP contribution in [0.15, 0.2) is 66.7 Å². The second-order valence-corrected chi connectivity index (χ2v) is 10.8. The number of para-hydroxylation sites is 1. The lowest BCUT2D eigenvalue weighted by atomic mass is 9.91. The van der Waals surface area contributed by atoms with Gasteiger partial charge in [-0.3, -0.25) is 14.5 Å². The predicted octanol–water partition coefficient (Wildman–Crippen LogP) is 5.43. The van der Waals surface area contributed by atoms with Gasteiger partial charge in [-0.25, -0.2) is 0 Å². The van der Waals surface area contributed by atoms with Crippen molar-refractivity contribution in [1.29, 1.82) is 0 Å². The molecule has 1 aliphatic heterocycles. The molecular weight excluding hydrogens is 516 g/mol. The fraction of sp³-hybridized carbons (Fsp3) is 0.394. The molecule has 0 saturated carbocycles. The average molecular weight is 559 g/mol. The highest BCUT2D eigenvalue weighted by Gasteiger charge is 2.37. The second-order valence-electron chi connectivity index (χ2n) is 10.8. The zero-order valence-electron chi connectivity index (χ0n) is 24.7. The molecule has 0 saturated heterocycles. The summed E-state index contributed by atoms with van der Waals surface area (Å²) >= 11 is 0. The monoisotopic (exact) mass is 558 g/mol. The highest BCUT2D eigenvalue weighted by Crippen LogP contribution is 2.35. The van der Waals surface area contributed by atoms with Crippen molar-refractivity contribution in [1.82, 2.24) is 15.1 Å². The van der Waals surface area contributed by atoms with Gasteiger partial charge in [-0.05, 0) is 93.3 Å². The Hall–Kier alpha value is -4.04. The van der Waals surface area contributed by atoms with E-state index >= 15 is 0 Å². The number of benzene rings is 3. The Morgan fingerprint density at radius 2 is 1.71 bits per heavy atom. The Bertz CT molecular complexity index is 1340. The summed E-state index contributed by atoms with van der Waals surface area (Å²) in [6, 6.07) is 20.1. The van der Waals surface area contributed by atoms with Gasteiger partial charge in [-0.2, -0.15) is 0 Å². The van der Waals surface area contributed by atoms with Gasteiger partial charge in [0.15, 0.2) is 0 Å². The first-order valence-electron chi connectivity index (χ1n) is 14.4. The molecule has 0 bridgehead atoms. The van der Waals surface area contributed by atoms with Crippen molar-refractivity contribution in [2.75, 3.05) is 32.5 Å². The van der Waals surface area contributed by atoms with Crippen LogP contribution < -0.4 is 20.5 Å². The third-order valence-corrected chi connectivity index (χ3v) is 7.83. The molecule has 4 rings (SSSR count). The highest BCUT2D eigenvalue weighted by atomic mass is 16.5. The van der Waals surface area contributed by atoms with Crippen LogP contribution in [0.2, 0.25) is 0 Å². The van der Waals surface area contributed by atoms with Crippen LogP contribution in [0.25, 0.3) is 0 Å². The topological polar surface area (TPSA) is 97.1 Å². The van der Waals surface area contributed by atoms with E-state index in [0.717, 1.165) is 29.8 Å². The molecule has 1 heterocycles. The maximum absolute atomic E-state index is 13.8. The summed E-state index contributed by atoms with van der Waals surface area (Å²) in [6.07, 6.45) is 1.62. The predicted molar refractivity (Wildman–Crippen MR) is 162 cm³/mol. The molecule has 2 unspecified atom stereocenters. The first-order valence-corrected chi connectivity index (χ1v) is 14.4. The third-order valence-electron chi connectivity index (χ3n) is 7.83. The van der Waals surface area contributed by atoms with Gasteiger partial charge >= 0.3 is 0 Å². The van der Waals surface area contributed by atoms with Crippen molar-refractivity contribution in [2.45, 2.75) is 58.7 Å². The van der Waals surface area contributed by atoms with Crippen LogP contribution >= 0.6 is 0 Å². The van der Waals surface area contributed by atoms with E-state index in [0.29, 0.717) is 54.3 Å². The number of hydrogen-bond acceptors (Lipinski definition) is 6. The van der Waals surface area contributed by atoms with Gasteiger partial charge in [0.1, 0.15) is 23.3 Å². The van der Waals surface area contributed by atoms with E-state index in [1.54, 1.807) is 36.3 Å². The summed E-state index contributed by atoms with van der Waals surface area (Å²) in [5, 5.41) is 3.12. The van der Waals surface area contributed by atoms with E-state index < -0.39 is 6.04 Å². The van der Waals surface area contributed by atoms with Gasteiger partial charge in [-0.15, -0.1) is 0 Å². The van der Waals surface area contributed by atoms with E-state index in [9.17, 15) is 9.59 Å². The number of nitrogen functional groups attached to an aromatic ring is 1. The van der Waals surface area contributed by atoms with Crippen molar-refractivity contribution in [3.8, 4) is 17.2 Å². The number of nitrogens with two attached hydrogens (primary N) is 1. The lowest BCUT2D eigenvalue weighted by Gasteiger charge is -2.37. The van der Waals surface area contributed by atoms with Crippen molar-refractivity contribution < 1.29 is 19.1 Å². The van der Waals surface area contributed by atoms with E-state index in [4.69, 9.17) is 15.2 Å². The summed E-state index contributed by atoms with van der Waals surface area (Å²) in [4.78, 5) is 31.6. The number of nitrogens with one attached hydrogen (secondary N) is 1. The third kappa shape index (κ3) is 7.00. The Morgan fingerprint density at radius 3 is 2.37 bits per heavy atom. The van der Waals surface area contributed by atoms with Gasteiger partial charge in [0.2, 0.25) is 5.91 Å². The van der Waals surface area contributed by atoms with Gasteiger partial charge in [0.25, 0.3) is 5.91 Å². The molecule has 2 atom stereocenters. The van der Waals surface area contributed by atoms with E-state index in [2.05, 4.69) is 37.9 Å². The molecule has 3 aromatic carbocycles. The summed E-state index contributed by atoms with van der Waals surface area (Å²) < 4.78 is 11.3. The molecule has 0 spiro atoms. The number of anilines is 1. The molecule has 0 aliphatic carbocycles. The van der Waals surface area contributed by atoms with Gasteiger partial charge in [0.05, 0.1) is 12.7 Å². The number of nitrogens with zero attached hydrogens (tertiary/aromatic N) is 2. The minimum absolute atomic E-state index is 0.203. The van der Waals surface area contributed by atoms with Crippen LogP contribution in [0, 0.1) is 0 Å². The highest BCUT2D eigenvalue weighted by molar-refractivity contribution is 6.02. The molecule has 3 aromatic rings. The fourth-order valence-electron chi connectivity index (χ4n) is 5.42. The number of hydrogen-bond donors (Lipinski definition) is 2. The number of fused-ring (bicyclic) bond motifs is 1. The van der Waals surface area contributed by atoms with Crippen molar-refractivity contribution in [3.63, 3.8) is 0 Å². The van der Waals surface area contributed by atoms with E-state index in [-0.39, 0.29) is 11.8 Å². The lowest BCUT2D eigenvalue weighted by molar-refractivity contribution is -0.126. The Morgan fingerprint density at radius 1 is 1.02 bits per heavy atom. The van der Waals surface area contributed by atoms with Crippen molar-refractivity contribution in [2.24, 2.45) is 0 Å². The number of rotatable bonds is 11. The lowest BCUT2D eigenvalue weighted by Crippen LogP contribution is -2.49. The van der Waals surface area contributed by atoms with Crippen LogP contribution in [0.1, 0.15) is 61.6 Å².